The fourth-order valence-electron chi connectivity index (χ4n) is 5.99. The van der Waals surface area contributed by atoms with Crippen LogP contribution in [0, 0.1) is 6.92 Å². The average Bonchev–Trinajstić information content (AvgIpc) is 3.39. The molecule has 0 unspecified atom stereocenters. The molecule has 254 valence electrons. The quantitative estimate of drug-likeness (QED) is 0.174. The van der Waals surface area contributed by atoms with Crippen molar-refractivity contribution in [3.05, 3.63) is 93.1 Å². The van der Waals surface area contributed by atoms with Gasteiger partial charge < -0.3 is 37.3 Å². The Bertz CT molecular complexity index is 1800. The summed E-state index contributed by atoms with van der Waals surface area (Å²) in [7, 11) is 1.57. The second-order valence-corrected chi connectivity index (χ2v) is 13.8. The number of aromatic nitrogens is 1. The van der Waals surface area contributed by atoms with Crippen molar-refractivity contribution in [3.8, 4) is 0 Å². The van der Waals surface area contributed by atoms with Crippen molar-refractivity contribution in [2.24, 2.45) is 11.5 Å². The number of para-hydroxylation sites is 1. The number of likely N-dealkylation sites (N-methyl/N-ethyl adjacent to an activating group) is 1. The van der Waals surface area contributed by atoms with Gasteiger partial charge in [0.25, 0.3) is 0 Å². The molecule has 4 aromatic rings. The molecule has 3 aromatic carbocycles. The van der Waals surface area contributed by atoms with Gasteiger partial charge in [-0.25, -0.2) is 0 Å². The minimum atomic E-state index is -1.05. The van der Waals surface area contributed by atoms with E-state index in [1.54, 1.807) is 19.2 Å². The van der Waals surface area contributed by atoms with Crippen molar-refractivity contribution >= 4 is 63.6 Å². The SMILES string of the molecule is Cc1[nH]c2ccccc2c1C[C@H]1C(=O)NCc2cc(Cl)cc(Cl)c2Sc2ccccc2CN[C@@H](CCCN)C(=O)N[C@@H](CN)C(=O)N1C. The van der Waals surface area contributed by atoms with Crippen LogP contribution >= 0.6 is 35.0 Å². The lowest BCUT2D eigenvalue weighted by molar-refractivity contribution is -0.141. The molecule has 3 atom stereocenters. The van der Waals surface area contributed by atoms with Crippen LogP contribution in [0.15, 0.2) is 70.5 Å². The van der Waals surface area contributed by atoms with Crippen molar-refractivity contribution in [1.29, 1.82) is 0 Å². The molecule has 1 aliphatic heterocycles. The van der Waals surface area contributed by atoms with E-state index in [1.807, 2.05) is 55.5 Å². The van der Waals surface area contributed by atoms with E-state index < -0.39 is 24.0 Å². The van der Waals surface area contributed by atoms with Gasteiger partial charge in [0.2, 0.25) is 17.7 Å². The summed E-state index contributed by atoms with van der Waals surface area (Å²) in [4.78, 5) is 48.3. The Kier molecular flexibility index (Phi) is 12.1. The minimum absolute atomic E-state index is 0.117. The summed E-state index contributed by atoms with van der Waals surface area (Å²) in [6, 6.07) is 16.5. The number of hydrogen-bond donors (Lipinski definition) is 6. The molecule has 3 amide bonds. The number of carbonyl (C=O) groups is 3. The predicted octanol–water partition coefficient (Wildman–Crippen LogP) is 4.27. The van der Waals surface area contributed by atoms with Crippen molar-refractivity contribution in [3.63, 3.8) is 0 Å². The number of amides is 3. The van der Waals surface area contributed by atoms with Crippen molar-refractivity contribution < 1.29 is 14.4 Å². The van der Waals surface area contributed by atoms with Crippen LogP contribution in [0.25, 0.3) is 10.9 Å². The van der Waals surface area contributed by atoms with Crippen LogP contribution in [0.1, 0.15) is 35.2 Å². The van der Waals surface area contributed by atoms with Gasteiger partial charge in [-0.3, -0.25) is 14.4 Å². The Labute approximate surface area is 294 Å². The van der Waals surface area contributed by atoms with E-state index in [9.17, 15) is 14.4 Å². The first kappa shape index (κ1) is 35.7. The third kappa shape index (κ3) is 8.16. The molecule has 0 spiro atoms. The number of nitrogens with one attached hydrogen (secondary N) is 4. The van der Waals surface area contributed by atoms with Gasteiger partial charge in [0.1, 0.15) is 12.1 Å². The lowest BCUT2D eigenvalue weighted by Gasteiger charge is -2.31. The smallest absolute Gasteiger partial charge is 0.246 e. The molecular formula is C35H41Cl2N7O3S. The largest absolute Gasteiger partial charge is 0.358 e. The molecule has 13 heteroatoms. The topological polar surface area (TPSA) is 158 Å². The second kappa shape index (κ2) is 16.2. The monoisotopic (exact) mass is 709 g/mol. The van der Waals surface area contributed by atoms with E-state index in [0.717, 1.165) is 43.1 Å². The fraction of sp³-hybridized carbons (Fsp3) is 0.343. The molecule has 8 N–H and O–H groups in total. The highest BCUT2D eigenvalue weighted by Gasteiger charge is 2.34. The average molecular weight is 711 g/mol. The van der Waals surface area contributed by atoms with Crippen molar-refractivity contribution in [1.82, 2.24) is 25.8 Å². The van der Waals surface area contributed by atoms with Crippen LogP contribution < -0.4 is 27.4 Å². The summed E-state index contributed by atoms with van der Waals surface area (Å²) in [5.41, 5.74) is 16.3. The van der Waals surface area contributed by atoms with Gasteiger partial charge >= 0.3 is 0 Å². The normalized spacial score (nSPS) is 19.8. The molecule has 0 saturated heterocycles. The summed E-state index contributed by atoms with van der Waals surface area (Å²) < 4.78 is 0. The number of H-pyrrole nitrogens is 1. The lowest BCUT2D eigenvalue weighted by atomic mass is 10.00. The third-order valence-corrected chi connectivity index (χ3v) is 10.6. The van der Waals surface area contributed by atoms with Gasteiger partial charge in [0, 0.05) is 64.5 Å². The Morgan fingerprint density at radius 1 is 0.938 bits per heavy atom. The summed E-state index contributed by atoms with van der Waals surface area (Å²) in [6.07, 6.45) is 1.27. The summed E-state index contributed by atoms with van der Waals surface area (Å²) in [5.74, 6) is -1.22. The number of rotatable bonds is 6. The Hall–Kier alpha value is -3.58. The summed E-state index contributed by atoms with van der Waals surface area (Å²) in [6.45, 7) is 2.69. The van der Waals surface area contributed by atoms with Crippen molar-refractivity contribution in [2.75, 3.05) is 20.1 Å². The highest BCUT2D eigenvalue weighted by atomic mass is 35.5. The van der Waals surface area contributed by atoms with Crippen LogP contribution in [0.3, 0.4) is 0 Å². The molecule has 0 bridgehead atoms. The van der Waals surface area contributed by atoms with E-state index in [2.05, 4.69) is 20.9 Å². The minimum Gasteiger partial charge on any atom is -0.358 e. The van der Waals surface area contributed by atoms with E-state index in [-0.39, 0.29) is 31.3 Å². The maximum atomic E-state index is 14.2. The number of fused-ring (bicyclic) bond motifs is 3. The maximum Gasteiger partial charge on any atom is 0.246 e. The van der Waals surface area contributed by atoms with E-state index >= 15 is 0 Å². The molecule has 2 heterocycles. The van der Waals surface area contributed by atoms with Crippen LogP contribution in [0.4, 0.5) is 0 Å². The molecule has 48 heavy (non-hydrogen) atoms. The molecule has 0 aliphatic carbocycles. The van der Waals surface area contributed by atoms with E-state index in [1.165, 1.54) is 16.7 Å². The first-order valence-corrected chi connectivity index (χ1v) is 17.5. The summed E-state index contributed by atoms with van der Waals surface area (Å²) in [5, 5.41) is 11.1. The van der Waals surface area contributed by atoms with Crippen molar-refractivity contribution in [2.45, 2.75) is 67.2 Å². The number of carbonyl (C=O) groups excluding carboxylic acids is 3. The first-order chi connectivity index (χ1) is 23.1. The molecule has 0 saturated carbocycles. The highest BCUT2D eigenvalue weighted by Crippen LogP contribution is 2.39. The Balaban J connectivity index is 1.58. The lowest BCUT2D eigenvalue weighted by Crippen LogP contribution is -2.59. The maximum absolute atomic E-state index is 14.2. The van der Waals surface area contributed by atoms with E-state index in [4.69, 9.17) is 34.7 Å². The Morgan fingerprint density at radius 3 is 2.46 bits per heavy atom. The number of halogens is 2. The molecule has 0 fully saturated rings. The number of nitrogens with two attached hydrogens (primary N) is 2. The number of benzene rings is 3. The first-order valence-electron chi connectivity index (χ1n) is 15.9. The molecule has 5 rings (SSSR count). The predicted molar refractivity (Wildman–Crippen MR) is 192 cm³/mol. The number of aryl methyl sites for hydroxylation is 1. The molecule has 1 aliphatic rings. The second-order valence-electron chi connectivity index (χ2n) is 11.9. The molecular weight excluding hydrogens is 669 g/mol. The van der Waals surface area contributed by atoms with Gasteiger partial charge in [0.05, 0.1) is 11.1 Å². The third-order valence-electron chi connectivity index (χ3n) is 8.67. The highest BCUT2D eigenvalue weighted by molar-refractivity contribution is 7.99. The van der Waals surface area contributed by atoms with Gasteiger partial charge in [0.15, 0.2) is 0 Å². The zero-order valence-electron chi connectivity index (χ0n) is 26.9. The van der Waals surface area contributed by atoms with Gasteiger partial charge in [-0.1, -0.05) is 71.4 Å². The zero-order valence-corrected chi connectivity index (χ0v) is 29.3. The van der Waals surface area contributed by atoms with Crippen LogP contribution in [0.2, 0.25) is 10.0 Å². The number of aromatic amines is 1. The zero-order chi connectivity index (χ0) is 34.4. The molecule has 10 nitrogen and oxygen atoms in total. The van der Waals surface area contributed by atoms with E-state index in [0.29, 0.717) is 36.0 Å². The Morgan fingerprint density at radius 2 is 1.69 bits per heavy atom. The van der Waals surface area contributed by atoms with Crippen LogP contribution in [-0.2, 0) is 33.9 Å². The van der Waals surface area contributed by atoms with Gasteiger partial charge in [-0.2, -0.15) is 0 Å². The van der Waals surface area contributed by atoms with Crippen LogP contribution in [-0.4, -0.2) is 65.9 Å². The molecule has 1 aromatic heterocycles. The van der Waals surface area contributed by atoms with Gasteiger partial charge in [-0.15, -0.1) is 0 Å². The molecule has 0 radical (unpaired) electrons. The number of hydrogen-bond acceptors (Lipinski definition) is 7. The standard InChI is InChI=1S/C35H41Cl2N7O3S/c1-20-25(24-9-4-5-10-27(24)42-20)16-30-34(46)41-19-22-14-23(36)15-26(37)32(22)48-31-12-6-3-8-21(31)18-40-28(11-7-13-38)33(45)43-29(17-39)35(47)44(30)2/h3-6,8-10,12,14-15,28-30,40,42H,7,11,13,16-19,38-39H2,1-2H3,(H,41,46)(H,43,45)/t28-,29-,30-/m0/s1. The fourth-order valence-corrected chi connectivity index (χ4v) is 7.70. The number of nitrogens with zero attached hydrogens (tertiary/aromatic N) is 1. The van der Waals surface area contributed by atoms with Crippen LogP contribution in [0.5, 0.6) is 0 Å². The van der Waals surface area contributed by atoms with Gasteiger partial charge in [-0.05, 0) is 67.3 Å². The summed E-state index contributed by atoms with van der Waals surface area (Å²) >= 11 is 14.7.